The lowest BCUT2D eigenvalue weighted by molar-refractivity contribution is -0.0499. The first-order valence-electron chi connectivity index (χ1n) is 5.97. The van der Waals surface area contributed by atoms with E-state index in [9.17, 15) is 8.78 Å². The zero-order valence-corrected chi connectivity index (χ0v) is 9.61. The number of hydrogen-bond acceptors (Lipinski definition) is 2. The number of rotatable bonds is 4. The SMILES string of the molecule is NC(c1cccc(OC(F)F)c1)C1CCCC1. The van der Waals surface area contributed by atoms with Gasteiger partial charge in [0.2, 0.25) is 0 Å². The average molecular weight is 241 g/mol. The van der Waals surface area contributed by atoms with Crippen molar-refractivity contribution in [1.29, 1.82) is 0 Å². The van der Waals surface area contributed by atoms with Crippen molar-refractivity contribution < 1.29 is 13.5 Å². The molecule has 4 heteroatoms. The number of hydrogen-bond donors (Lipinski definition) is 1. The maximum absolute atomic E-state index is 12.1. The first-order valence-corrected chi connectivity index (χ1v) is 5.97. The summed E-state index contributed by atoms with van der Waals surface area (Å²) in [5.74, 6) is 0.655. The molecule has 2 rings (SSSR count). The molecule has 1 unspecified atom stereocenters. The zero-order valence-electron chi connectivity index (χ0n) is 9.61. The van der Waals surface area contributed by atoms with E-state index in [-0.39, 0.29) is 11.8 Å². The zero-order chi connectivity index (χ0) is 12.3. The van der Waals surface area contributed by atoms with Crippen LogP contribution in [0.2, 0.25) is 0 Å². The highest BCUT2D eigenvalue weighted by molar-refractivity contribution is 5.30. The maximum Gasteiger partial charge on any atom is 0.387 e. The molecule has 1 aliphatic carbocycles. The van der Waals surface area contributed by atoms with Crippen LogP contribution in [-0.4, -0.2) is 6.61 Å². The lowest BCUT2D eigenvalue weighted by atomic mass is 9.92. The normalized spacial score (nSPS) is 18.6. The van der Waals surface area contributed by atoms with Gasteiger partial charge >= 0.3 is 6.61 Å². The summed E-state index contributed by atoms with van der Waals surface area (Å²) in [5.41, 5.74) is 7.04. The van der Waals surface area contributed by atoms with Crippen molar-refractivity contribution in [2.24, 2.45) is 11.7 Å². The van der Waals surface area contributed by atoms with Gasteiger partial charge in [0, 0.05) is 6.04 Å². The van der Waals surface area contributed by atoms with Crippen molar-refractivity contribution in [3.63, 3.8) is 0 Å². The Morgan fingerprint density at radius 3 is 2.59 bits per heavy atom. The molecule has 1 fully saturated rings. The lowest BCUT2D eigenvalue weighted by Gasteiger charge is -2.19. The first kappa shape index (κ1) is 12.3. The maximum atomic E-state index is 12.1. The van der Waals surface area contributed by atoms with Gasteiger partial charge in [0.15, 0.2) is 0 Å². The second-order valence-corrected chi connectivity index (χ2v) is 4.52. The highest BCUT2D eigenvalue weighted by Gasteiger charge is 2.23. The standard InChI is InChI=1S/C13H17F2NO/c14-13(15)17-11-7-3-6-10(8-11)12(16)9-4-1-2-5-9/h3,6-9,12-13H,1-2,4-5,16H2. The molecule has 0 aliphatic heterocycles. The van der Waals surface area contributed by atoms with Gasteiger partial charge in [0.25, 0.3) is 0 Å². The topological polar surface area (TPSA) is 35.2 Å². The van der Waals surface area contributed by atoms with E-state index in [4.69, 9.17) is 5.73 Å². The van der Waals surface area contributed by atoms with Gasteiger partial charge in [0.1, 0.15) is 5.75 Å². The van der Waals surface area contributed by atoms with Gasteiger partial charge in [-0.3, -0.25) is 0 Å². The molecule has 94 valence electrons. The van der Waals surface area contributed by atoms with Crippen molar-refractivity contribution in [2.75, 3.05) is 0 Å². The fourth-order valence-corrected chi connectivity index (χ4v) is 2.49. The molecule has 1 atom stereocenters. The molecule has 0 amide bonds. The Kier molecular flexibility index (Phi) is 3.94. The summed E-state index contributed by atoms with van der Waals surface area (Å²) in [7, 11) is 0. The molecular weight excluding hydrogens is 224 g/mol. The average Bonchev–Trinajstić information content (AvgIpc) is 2.81. The van der Waals surface area contributed by atoms with E-state index in [0.717, 1.165) is 18.4 Å². The van der Waals surface area contributed by atoms with E-state index in [1.807, 2.05) is 6.07 Å². The first-order chi connectivity index (χ1) is 8.16. The highest BCUT2D eigenvalue weighted by Crippen LogP contribution is 2.35. The molecule has 0 bridgehead atoms. The molecule has 2 nitrogen and oxygen atoms in total. The molecule has 1 aromatic carbocycles. The van der Waals surface area contributed by atoms with Crippen LogP contribution in [0, 0.1) is 5.92 Å². The Bertz CT molecular complexity index is 364. The predicted octanol–water partition coefficient (Wildman–Crippen LogP) is 3.48. The van der Waals surface area contributed by atoms with Crippen LogP contribution in [0.5, 0.6) is 5.75 Å². The van der Waals surface area contributed by atoms with Crippen LogP contribution in [-0.2, 0) is 0 Å². The quantitative estimate of drug-likeness (QED) is 0.875. The second kappa shape index (κ2) is 5.45. The molecule has 2 N–H and O–H groups in total. The molecule has 0 spiro atoms. The van der Waals surface area contributed by atoms with Crippen LogP contribution in [0.25, 0.3) is 0 Å². The van der Waals surface area contributed by atoms with Crippen LogP contribution >= 0.6 is 0 Å². The van der Waals surface area contributed by atoms with Gasteiger partial charge in [-0.15, -0.1) is 0 Å². The molecular formula is C13H17F2NO. The van der Waals surface area contributed by atoms with Gasteiger partial charge in [-0.05, 0) is 36.5 Å². The van der Waals surface area contributed by atoms with Crippen LogP contribution in [0.1, 0.15) is 37.3 Å². The molecule has 0 aromatic heterocycles. The minimum absolute atomic E-state index is 0.0706. The van der Waals surface area contributed by atoms with Gasteiger partial charge in [-0.25, -0.2) is 0 Å². The summed E-state index contributed by atoms with van der Waals surface area (Å²) in [4.78, 5) is 0. The van der Waals surface area contributed by atoms with Crippen molar-refractivity contribution in [1.82, 2.24) is 0 Å². The second-order valence-electron chi connectivity index (χ2n) is 4.52. The van der Waals surface area contributed by atoms with E-state index in [1.165, 1.54) is 18.9 Å². The van der Waals surface area contributed by atoms with Crippen LogP contribution in [0.15, 0.2) is 24.3 Å². The number of alkyl halides is 2. The largest absolute Gasteiger partial charge is 0.435 e. The smallest absolute Gasteiger partial charge is 0.387 e. The Hall–Kier alpha value is -1.16. The van der Waals surface area contributed by atoms with Crippen molar-refractivity contribution >= 4 is 0 Å². The van der Waals surface area contributed by atoms with E-state index in [0.29, 0.717) is 5.92 Å². The molecule has 17 heavy (non-hydrogen) atoms. The lowest BCUT2D eigenvalue weighted by Crippen LogP contribution is -2.19. The monoisotopic (exact) mass is 241 g/mol. The fraction of sp³-hybridized carbons (Fsp3) is 0.538. The summed E-state index contributed by atoms with van der Waals surface area (Å²) in [6, 6.07) is 6.66. The van der Waals surface area contributed by atoms with Crippen LogP contribution in [0.3, 0.4) is 0 Å². The Morgan fingerprint density at radius 2 is 1.94 bits per heavy atom. The Morgan fingerprint density at radius 1 is 1.24 bits per heavy atom. The van der Waals surface area contributed by atoms with Gasteiger partial charge in [-0.1, -0.05) is 25.0 Å². The molecule has 1 aliphatic rings. The summed E-state index contributed by atoms with van der Waals surface area (Å²) >= 11 is 0. The third kappa shape index (κ3) is 3.16. The number of halogens is 2. The van der Waals surface area contributed by atoms with Crippen molar-refractivity contribution in [3.05, 3.63) is 29.8 Å². The predicted molar refractivity (Wildman–Crippen MR) is 62.0 cm³/mol. The highest BCUT2D eigenvalue weighted by atomic mass is 19.3. The van der Waals surface area contributed by atoms with Gasteiger partial charge in [0.05, 0.1) is 0 Å². The number of nitrogens with two attached hydrogens (primary N) is 1. The van der Waals surface area contributed by atoms with Gasteiger partial charge in [-0.2, -0.15) is 8.78 Å². The van der Waals surface area contributed by atoms with Crippen LogP contribution in [0.4, 0.5) is 8.78 Å². The molecule has 1 saturated carbocycles. The summed E-state index contributed by atoms with van der Waals surface area (Å²) in [6.45, 7) is -2.78. The van der Waals surface area contributed by atoms with Crippen LogP contribution < -0.4 is 10.5 Å². The Labute approximate surface area is 99.8 Å². The molecule has 0 saturated heterocycles. The third-order valence-electron chi connectivity index (χ3n) is 3.38. The summed E-state index contributed by atoms with van der Waals surface area (Å²) < 4.78 is 28.6. The van der Waals surface area contributed by atoms with Crippen molar-refractivity contribution in [3.8, 4) is 5.75 Å². The van der Waals surface area contributed by atoms with E-state index < -0.39 is 6.61 Å². The van der Waals surface area contributed by atoms with E-state index in [2.05, 4.69) is 4.74 Å². The molecule has 1 aromatic rings. The number of benzene rings is 1. The van der Waals surface area contributed by atoms with E-state index in [1.54, 1.807) is 12.1 Å². The molecule has 0 heterocycles. The Balaban J connectivity index is 2.09. The minimum Gasteiger partial charge on any atom is -0.435 e. The fourth-order valence-electron chi connectivity index (χ4n) is 2.49. The van der Waals surface area contributed by atoms with Gasteiger partial charge < -0.3 is 10.5 Å². The molecule has 0 radical (unpaired) electrons. The van der Waals surface area contributed by atoms with E-state index >= 15 is 0 Å². The summed E-state index contributed by atoms with van der Waals surface area (Å²) in [6.07, 6.45) is 4.68. The summed E-state index contributed by atoms with van der Waals surface area (Å²) in [5, 5.41) is 0. The van der Waals surface area contributed by atoms with Crippen molar-refractivity contribution in [2.45, 2.75) is 38.3 Å². The third-order valence-corrected chi connectivity index (χ3v) is 3.38. The number of ether oxygens (including phenoxy) is 1. The minimum atomic E-state index is -2.78.